The van der Waals surface area contributed by atoms with Crippen LogP contribution in [0.2, 0.25) is 0 Å². The summed E-state index contributed by atoms with van der Waals surface area (Å²) in [4.78, 5) is 45.3. The van der Waals surface area contributed by atoms with Crippen molar-refractivity contribution in [3.8, 4) is 5.75 Å². The van der Waals surface area contributed by atoms with E-state index in [2.05, 4.69) is 10.3 Å². The second-order valence-electron chi connectivity index (χ2n) is 10.3. The van der Waals surface area contributed by atoms with Gasteiger partial charge in [-0.3, -0.25) is 19.4 Å². The molecule has 3 N–H and O–H groups in total. The molecular formula is C29H38N4O5. The Hall–Kier alpha value is -3.30. The Morgan fingerprint density at radius 1 is 1.13 bits per heavy atom. The summed E-state index contributed by atoms with van der Waals surface area (Å²) >= 11 is 0. The number of nitrogens with two attached hydrogens (primary N) is 1. The van der Waals surface area contributed by atoms with Gasteiger partial charge in [-0.05, 0) is 68.2 Å². The number of ketones is 1. The zero-order chi connectivity index (χ0) is 27.1. The molecule has 0 spiro atoms. The first-order chi connectivity index (χ1) is 18.4. The van der Waals surface area contributed by atoms with E-state index in [0.29, 0.717) is 44.3 Å². The number of nitrogens with one attached hydrogen (secondary N) is 1. The molecule has 4 rings (SSSR count). The SMILES string of the molecule is COc1ccccc1C(N)CC(=O)N1CC(C2CCOCC2)C[C@H]1C(=O)NC(Cc1ccncc1)C(C)=O. The molecule has 1 aromatic carbocycles. The van der Waals surface area contributed by atoms with Gasteiger partial charge in [0.2, 0.25) is 11.8 Å². The highest BCUT2D eigenvalue weighted by Gasteiger charge is 2.43. The van der Waals surface area contributed by atoms with Gasteiger partial charge in [0.25, 0.3) is 0 Å². The number of para-hydroxylation sites is 1. The van der Waals surface area contributed by atoms with E-state index in [4.69, 9.17) is 15.2 Å². The minimum atomic E-state index is -0.681. The minimum absolute atomic E-state index is 0.0534. The van der Waals surface area contributed by atoms with Crippen molar-refractivity contribution in [2.45, 2.75) is 57.2 Å². The summed E-state index contributed by atoms with van der Waals surface area (Å²) in [5, 5.41) is 2.94. The largest absolute Gasteiger partial charge is 0.496 e. The van der Waals surface area contributed by atoms with Crippen LogP contribution in [0.3, 0.4) is 0 Å². The zero-order valence-corrected chi connectivity index (χ0v) is 22.2. The van der Waals surface area contributed by atoms with Crippen molar-refractivity contribution in [1.82, 2.24) is 15.2 Å². The van der Waals surface area contributed by atoms with Crippen LogP contribution >= 0.6 is 0 Å². The van der Waals surface area contributed by atoms with Crippen LogP contribution in [0.15, 0.2) is 48.8 Å². The first-order valence-corrected chi connectivity index (χ1v) is 13.3. The van der Waals surface area contributed by atoms with Crippen LogP contribution in [0.4, 0.5) is 0 Å². The number of rotatable bonds is 10. The van der Waals surface area contributed by atoms with Gasteiger partial charge in [-0.15, -0.1) is 0 Å². The Labute approximate surface area is 224 Å². The number of aromatic nitrogens is 1. The highest BCUT2D eigenvalue weighted by Crippen LogP contribution is 2.36. The van der Waals surface area contributed by atoms with Crippen LogP contribution < -0.4 is 15.8 Å². The van der Waals surface area contributed by atoms with Gasteiger partial charge < -0.3 is 25.4 Å². The molecule has 4 atom stereocenters. The van der Waals surface area contributed by atoms with Gasteiger partial charge in [-0.25, -0.2) is 0 Å². The van der Waals surface area contributed by atoms with Crippen molar-refractivity contribution in [3.63, 3.8) is 0 Å². The second-order valence-corrected chi connectivity index (χ2v) is 10.3. The van der Waals surface area contributed by atoms with Gasteiger partial charge in [0.15, 0.2) is 5.78 Å². The van der Waals surface area contributed by atoms with E-state index in [0.717, 1.165) is 24.0 Å². The van der Waals surface area contributed by atoms with Crippen LogP contribution in [-0.2, 0) is 25.5 Å². The Morgan fingerprint density at radius 3 is 2.53 bits per heavy atom. The molecule has 2 saturated heterocycles. The summed E-state index contributed by atoms with van der Waals surface area (Å²) in [7, 11) is 1.57. The number of pyridine rings is 1. The molecule has 0 saturated carbocycles. The van der Waals surface area contributed by atoms with E-state index >= 15 is 0 Å². The van der Waals surface area contributed by atoms with Gasteiger partial charge in [-0.1, -0.05) is 18.2 Å². The molecule has 2 amide bonds. The average Bonchev–Trinajstić information content (AvgIpc) is 3.39. The molecule has 2 fully saturated rings. The fourth-order valence-corrected chi connectivity index (χ4v) is 5.63. The Balaban J connectivity index is 1.50. The van der Waals surface area contributed by atoms with Gasteiger partial charge >= 0.3 is 0 Å². The molecule has 2 aliphatic rings. The van der Waals surface area contributed by atoms with E-state index in [1.165, 1.54) is 6.92 Å². The van der Waals surface area contributed by atoms with Crippen LogP contribution in [0, 0.1) is 11.8 Å². The zero-order valence-electron chi connectivity index (χ0n) is 22.2. The predicted molar refractivity (Wildman–Crippen MR) is 142 cm³/mol. The lowest BCUT2D eigenvalue weighted by Crippen LogP contribution is -2.51. The van der Waals surface area contributed by atoms with Crippen LogP contribution in [0.25, 0.3) is 0 Å². The summed E-state index contributed by atoms with van der Waals surface area (Å²) in [6.07, 6.45) is 6.14. The van der Waals surface area contributed by atoms with Crippen molar-refractivity contribution >= 4 is 17.6 Å². The number of likely N-dealkylation sites (tertiary alicyclic amines) is 1. The lowest BCUT2D eigenvalue weighted by Gasteiger charge is -2.28. The molecule has 3 heterocycles. The summed E-state index contributed by atoms with van der Waals surface area (Å²) < 4.78 is 11.0. The standard InChI is InChI=1S/C29H38N4O5/c1-19(34)25(15-20-7-11-31-12-8-20)32-29(36)26-16-22(21-9-13-38-14-10-21)18-33(26)28(35)17-24(30)23-5-3-4-6-27(23)37-2/h3-8,11-12,21-22,24-26H,9-10,13-18,30H2,1-2H3,(H,32,36)/t22?,24?,25?,26-/m0/s1. The van der Waals surface area contributed by atoms with Crippen molar-refractivity contribution in [2.75, 3.05) is 26.9 Å². The third-order valence-electron chi connectivity index (χ3n) is 7.82. The third kappa shape index (κ3) is 6.76. The number of methoxy groups -OCH3 is 1. The Morgan fingerprint density at radius 2 is 1.84 bits per heavy atom. The highest BCUT2D eigenvalue weighted by molar-refractivity contribution is 5.92. The molecule has 1 aromatic heterocycles. The summed E-state index contributed by atoms with van der Waals surface area (Å²) in [5.41, 5.74) is 8.10. The number of Topliss-reactive ketones (excluding diaryl/α,β-unsaturated/α-hetero) is 1. The number of carbonyl (C=O) groups is 3. The molecule has 9 heteroatoms. The fraction of sp³-hybridized carbons (Fsp3) is 0.517. The van der Waals surface area contributed by atoms with Crippen molar-refractivity contribution in [2.24, 2.45) is 17.6 Å². The molecule has 0 aliphatic carbocycles. The molecule has 9 nitrogen and oxygen atoms in total. The first-order valence-electron chi connectivity index (χ1n) is 13.3. The monoisotopic (exact) mass is 522 g/mol. The molecule has 2 aromatic rings. The quantitative estimate of drug-likeness (QED) is 0.491. The van der Waals surface area contributed by atoms with E-state index in [1.54, 1.807) is 24.4 Å². The third-order valence-corrected chi connectivity index (χ3v) is 7.82. The maximum atomic E-state index is 13.6. The average molecular weight is 523 g/mol. The lowest BCUT2D eigenvalue weighted by atomic mass is 9.84. The molecule has 204 valence electrons. The molecule has 0 radical (unpaired) electrons. The number of benzene rings is 1. The van der Waals surface area contributed by atoms with E-state index in [1.807, 2.05) is 36.4 Å². The van der Waals surface area contributed by atoms with Crippen LogP contribution in [0.1, 0.15) is 49.8 Å². The number of hydrogen-bond donors (Lipinski definition) is 2. The molecular weight excluding hydrogens is 484 g/mol. The molecule has 2 aliphatic heterocycles. The molecule has 38 heavy (non-hydrogen) atoms. The number of carbonyl (C=O) groups excluding carboxylic acids is 3. The molecule has 0 bridgehead atoms. The number of hydrogen-bond acceptors (Lipinski definition) is 7. The summed E-state index contributed by atoms with van der Waals surface area (Å²) in [5.74, 6) is 0.603. The summed E-state index contributed by atoms with van der Waals surface area (Å²) in [6.45, 7) is 3.36. The van der Waals surface area contributed by atoms with Crippen molar-refractivity contribution in [3.05, 3.63) is 59.9 Å². The Kier molecular flexibility index (Phi) is 9.47. The maximum absolute atomic E-state index is 13.6. The van der Waals surface area contributed by atoms with Gasteiger partial charge in [0.1, 0.15) is 11.8 Å². The lowest BCUT2D eigenvalue weighted by molar-refractivity contribution is -0.139. The minimum Gasteiger partial charge on any atom is -0.496 e. The van der Waals surface area contributed by atoms with Crippen molar-refractivity contribution in [1.29, 1.82) is 0 Å². The van der Waals surface area contributed by atoms with E-state index in [-0.39, 0.29) is 29.9 Å². The fourth-order valence-electron chi connectivity index (χ4n) is 5.63. The maximum Gasteiger partial charge on any atom is 0.243 e. The number of nitrogens with zero attached hydrogens (tertiary/aromatic N) is 2. The normalized spacial score (nSPS) is 21.5. The van der Waals surface area contributed by atoms with Crippen molar-refractivity contribution < 1.29 is 23.9 Å². The van der Waals surface area contributed by atoms with Gasteiger partial charge in [-0.2, -0.15) is 0 Å². The topological polar surface area (TPSA) is 124 Å². The Bertz CT molecular complexity index is 1110. The predicted octanol–water partition coefficient (Wildman–Crippen LogP) is 2.44. The highest BCUT2D eigenvalue weighted by atomic mass is 16.5. The first kappa shape index (κ1) is 27.7. The van der Waals surface area contributed by atoms with Gasteiger partial charge in [0, 0.05) is 50.2 Å². The smallest absolute Gasteiger partial charge is 0.243 e. The second kappa shape index (κ2) is 13.0. The number of ether oxygens (including phenoxy) is 2. The molecule has 3 unspecified atom stereocenters. The van der Waals surface area contributed by atoms with Crippen LogP contribution in [0.5, 0.6) is 5.75 Å². The van der Waals surface area contributed by atoms with Crippen LogP contribution in [-0.4, -0.2) is 66.4 Å². The van der Waals surface area contributed by atoms with Gasteiger partial charge in [0.05, 0.1) is 13.2 Å². The van der Waals surface area contributed by atoms with E-state index in [9.17, 15) is 14.4 Å². The van der Waals surface area contributed by atoms with E-state index < -0.39 is 18.1 Å². The number of amides is 2. The summed E-state index contributed by atoms with van der Waals surface area (Å²) in [6, 6.07) is 9.14.